The van der Waals surface area contributed by atoms with Gasteiger partial charge in [0.05, 0.1) is 29.8 Å². The largest absolute Gasteiger partial charge is 0.497 e. The van der Waals surface area contributed by atoms with Gasteiger partial charge in [-0.25, -0.2) is 26.6 Å². The third kappa shape index (κ3) is 7.77. The van der Waals surface area contributed by atoms with Crippen molar-refractivity contribution >= 4 is 15.9 Å². The average Bonchev–Trinajstić information content (AvgIpc) is 3.31. The van der Waals surface area contributed by atoms with Crippen LogP contribution in [0, 0.1) is 17.6 Å². The number of nitrogens with one attached hydrogen (secondary N) is 1. The van der Waals surface area contributed by atoms with E-state index in [1.54, 1.807) is 30.3 Å². The zero-order chi connectivity index (χ0) is 32.9. The Balaban J connectivity index is 1.65. The highest BCUT2D eigenvalue weighted by Crippen LogP contribution is 2.24. The molecule has 1 amide bonds. The molecular weight excluding hydrogens is 612 g/mol. The van der Waals surface area contributed by atoms with Crippen molar-refractivity contribution in [3.63, 3.8) is 0 Å². The second kappa shape index (κ2) is 14.1. The number of aliphatic hydroxyl groups excluding tert-OH is 1. The minimum absolute atomic E-state index is 0.0231. The zero-order valence-electron chi connectivity index (χ0n) is 24.7. The minimum atomic E-state index is -4.10. The maximum atomic E-state index is 13.8. The maximum absolute atomic E-state index is 13.8. The standard InChI is InChI=1S/C31H33F2N3O8S/c1-19(2)17-35(45(41,42)23-12-10-22(43-3)11-13-23)18-27(37)26(15-20-7-5-4-6-8-20)34-29(38)28-30(39)36(31(40)44-28)21-9-14-24(32)25(33)16-21/h4-14,16,19,26-27,37,39H,15,17-18H2,1-3H3,(H,34,38)/t26-,27+/m0/s1. The van der Waals surface area contributed by atoms with Crippen LogP contribution in [0.25, 0.3) is 5.69 Å². The monoisotopic (exact) mass is 645 g/mol. The van der Waals surface area contributed by atoms with Crippen LogP contribution >= 0.6 is 0 Å². The van der Waals surface area contributed by atoms with Gasteiger partial charge in [0.1, 0.15) is 5.75 Å². The number of ether oxygens (including phenoxy) is 1. The molecule has 11 nitrogen and oxygen atoms in total. The Labute approximate surface area is 258 Å². The molecule has 2 atom stereocenters. The van der Waals surface area contributed by atoms with Gasteiger partial charge in [0, 0.05) is 19.2 Å². The van der Waals surface area contributed by atoms with Crippen molar-refractivity contribution in [2.75, 3.05) is 20.2 Å². The summed E-state index contributed by atoms with van der Waals surface area (Å²) in [6.45, 7) is 3.25. The molecule has 0 aliphatic carbocycles. The smallest absolute Gasteiger partial charge is 0.427 e. The van der Waals surface area contributed by atoms with E-state index in [0.29, 0.717) is 21.9 Å². The van der Waals surface area contributed by atoms with Crippen molar-refractivity contribution in [1.29, 1.82) is 0 Å². The number of hydrogen-bond acceptors (Lipinski definition) is 8. The lowest BCUT2D eigenvalue weighted by molar-refractivity contribution is 0.0750. The van der Waals surface area contributed by atoms with Crippen LogP contribution < -0.4 is 15.8 Å². The average molecular weight is 646 g/mol. The van der Waals surface area contributed by atoms with Crippen LogP contribution in [0.1, 0.15) is 30.0 Å². The van der Waals surface area contributed by atoms with E-state index in [0.717, 1.165) is 16.4 Å². The van der Waals surface area contributed by atoms with Crippen LogP contribution in [-0.4, -0.2) is 65.8 Å². The van der Waals surface area contributed by atoms with E-state index in [2.05, 4.69) is 5.32 Å². The van der Waals surface area contributed by atoms with Crippen molar-refractivity contribution in [3.05, 3.63) is 106 Å². The fraction of sp³-hybridized carbons (Fsp3) is 0.290. The van der Waals surface area contributed by atoms with Gasteiger partial charge < -0.3 is 24.7 Å². The van der Waals surface area contributed by atoms with Crippen molar-refractivity contribution in [2.24, 2.45) is 5.92 Å². The molecule has 1 heterocycles. The molecule has 0 unspecified atom stereocenters. The molecule has 3 aromatic carbocycles. The number of rotatable bonds is 13. The molecule has 0 aliphatic rings. The van der Waals surface area contributed by atoms with Crippen molar-refractivity contribution < 1.29 is 41.4 Å². The molecule has 0 saturated heterocycles. The maximum Gasteiger partial charge on any atom is 0.427 e. The Morgan fingerprint density at radius 1 is 1.02 bits per heavy atom. The Bertz CT molecular complexity index is 1790. The first-order valence-corrected chi connectivity index (χ1v) is 15.3. The van der Waals surface area contributed by atoms with Crippen LogP contribution in [0.4, 0.5) is 8.78 Å². The van der Waals surface area contributed by atoms with Gasteiger partial charge in [-0.05, 0) is 54.3 Å². The predicted octanol–water partition coefficient (Wildman–Crippen LogP) is 3.47. The van der Waals surface area contributed by atoms with Crippen LogP contribution in [0.15, 0.2) is 86.9 Å². The number of nitrogens with zero attached hydrogens (tertiary/aromatic N) is 2. The van der Waals surface area contributed by atoms with Crippen molar-refractivity contribution in [3.8, 4) is 17.3 Å². The van der Waals surface area contributed by atoms with Gasteiger partial charge >= 0.3 is 5.76 Å². The third-order valence-corrected chi connectivity index (χ3v) is 8.74. The number of aromatic nitrogens is 1. The number of aliphatic hydroxyl groups is 1. The highest BCUT2D eigenvalue weighted by molar-refractivity contribution is 7.89. The molecule has 0 spiro atoms. The van der Waals surface area contributed by atoms with Gasteiger partial charge in [0.2, 0.25) is 10.0 Å². The normalized spacial score (nSPS) is 13.2. The number of benzene rings is 3. The lowest BCUT2D eigenvalue weighted by atomic mass is 10.0. The molecular formula is C31H33F2N3O8S. The Kier molecular flexibility index (Phi) is 10.4. The highest BCUT2D eigenvalue weighted by Gasteiger charge is 2.33. The second-order valence-electron chi connectivity index (χ2n) is 10.7. The summed E-state index contributed by atoms with van der Waals surface area (Å²) >= 11 is 0. The number of amides is 1. The van der Waals surface area contributed by atoms with E-state index in [9.17, 15) is 37.0 Å². The predicted molar refractivity (Wildman–Crippen MR) is 160 cm³/mol. The van der Waals surface area contributed by atoms with Crippen LogP contribution in [0.2, 0.25) is 0 Å². The summed E-state index contributed by atoms with van der Waals surface area (Å²) in [7, 11) is -2.65. The molecule has 0 saturated carbocycles. The van der Waals surface area contributed by atoms with Gasteiger partial charge in [-0.1, -0.05) is 44.2 Å². The summed E-state index contributed by atoms with van der Waals surface area (Å²) < 4.78 is 66.2. The molecule has 0 radical (unpaired) electrons. The summed E-state index contributed by atoms with van der Waals surface area (Å²) in [5.41, 5.74) is 0.383. The van der Waals surface area contributed by atoms with Crippen LogP contribution in [-0.2, 0) is 16.4 Å². The summed E-state index contributed by atoms with van der Waals surface area (Å²) in [5, 5.41) is 24.6. The molecule has 0 bridgehead atoms. The van der Waals surface area contributed by atoms with E-state index < -0.39 is 63.7 Å². The Morgan fingerprint density at radius 2 is 1.69 bits per heavy atom. The molecule has 4 aromatic rings. The van der Waals surface area contributed by atoms with Gasteiger partial charge in [0.25, 0.3) is 17.5 Å². The first-order chi connectivity index (χ1) is 21.3. The van der Waals surface area contributed by atoms with E-state index in [-0.39, 0.29) is 29.5 Å². The topological polar surface area (TPSA) is 151 Å². The minimum Gasteiger partial charge on any atom is -0.497 e. The van der Waals surface area contributed by atoms with Crippen molar-refractivity contribution in [1.82, 2.24) is 14.2 Å². The quantitative estimate of drug-likeness (QED) is 0.200. The van der Waals surface area contributed by atoms with Gasteiger partial charge in [-0.2, -0.15) is 4.31 Å². The van der Waals surface area contributed by atoms with E-state index in [4.69, 9.17) is 9.15 Å². The van der Waals surface area contributed by atoms with E-state index >= 15 is 0 Å². The van der Waals surface area contributed by atoms with Crippen LogP contribution in [0.5, 0.6) is 11.6 Å². The number of aromatic hydroxyl groups is 1. The van der Waals surface area contributed by atoms with Crippen molar-refractivity contribution in [2.45, 2.75) is 37.3 Å². The molecule has 0 aliphatic heterocycles. The summed E-state index contributed by atoms with van der Waals surface area (Å²) in [4.78, 5) is 25.8. The molecule has 1 aromatic heterocycles. The summed E-state index contributed by atoms with van der Waals surface area (Å²) in [6, 6.07) is 15.8. The number of carbonyl (C=O) groups is 1. The molecule has 240 valence electrons. The third-order valence-electron chi connectivity index (χ3n) is 6.89. The second-order valence-corrected chi connectivity index (χ2v) is 12.6. The molecule has 14 heteroatoms. The number of hydrogen-bond donors (Lipinski definition) is 3. The molecule has 3 N–H and O–H groups in total. The lowest BCUT2D eigenvalue weighted by Gasteiger charge is -2.30. The molecule has 4 rings (SSSR count). The fourth-order valence-electron chi connectivity index (χ4n) is 4.66. The summed E-state index contributed by atoms with van der Waals surface area (Å²) in [5.74, 6) is -6.35. The van der Waals surface area contributed by atoms with E-state index in [1.165, 1.54) is 31.4 Å². The van der Waals surface area contributed by atoms with Gasteiger partial charge in [-0.15, -0.1) is 0 Å². The lowest BCUT2D eigenvalue weighted by Crippen LogP contribution is -2.51. The number of methoxy groups -OCH3 is 1. The van der Waals surface area contributed by atoms with Gasteiger partial charge in [-0.3, -0.25) is 4.79 Å². The number of oxazole rings is 1. The number of sulfonamides is 1. The molecule has 45 heavy (non-hydrogen) atoms. The molecule has 0 fully saturated rings. The number of carbonyl (C=O) groups excluding carboxylic acids is 1. The first-order valence-electron chi connectivity index (χ1n) is 13.9. The highest BCUT2D eigenvalue weighted by atomic mass is 32.2. The zero-order valence-corrected chi connectivity index (χ0v) is 25.5. The first kappa shape index (κ1) is 33.4. The summed E-state index contributed by atoms with van der Waals surface area (Å²) in [6.07, 6.45) is -1.45. The fourth-order valence-corrected chi connectivity index (χ4v) is 6.28. The van der Waals surface area contributed by atoms with Crippen LogP contribution in [0.3, 0.4) is 0 Å². The van der Waals surface area contributed by atoms with Gasteiger partial charge in [0.15, 0.2) is 11.6 Å². The SMILES string of the molecule is COc1ccc(S(=O)(=O)N(CC(C)C)C[C@@H](O)[C@H](Cc2ccccc2)NC(=O)c2oc(=O)n(-c3ccc(F)c(F)c3)c2O)cc1. The van der Waals surface area contributed by atoms with E-state index in [1.807, 2.05) is 13.8 Å². The number of halogens is 2. The Morgan fingerprint density at radius 3 is 2.29 bits per heavy atom. The Hall–Kier alpha value is -4.53.